The summed E-state index contributed by atoms with van der Waals surface area (Å²) in [5.74, 6) is -0.352. The number of anilines is 1. The molecule has 4 nitrogen and oxygen atoms in total. The van der Waals surface area contributed by atoms with Gasteiger partial charge in [-0.3, -0.25) is 10.1 Å². The van der Waals surface area contributed by atoms with Crippen LogP contribution in [0.25, 0.3) is 0 Å². The lowest BCUT2D eigenvalue weighted by Gasteiger charge is -2.33. The standard InChI is InChI=1S/C18H18F2N2O2/c19-15-3-1-2-14(11-15)10-13-6-8-21(9-7-13)18-5-4-16(22(23)24)12-17(18)20/h1-5,11-13H,6-10H2. The maximum Gasteiger partial charge on any atom is 0.272 e. The molecule has 0 amide bonds. The fourth-order valence-corrected chi connectivity index (χ4v) is 3.24. The first-order chi connectivity index (χ1) is 11.5. The average Bonchev–Trinajstić information content (AvgIpc) is 2.55. The van der Waals surface area contributed by atoms with E-state index in [9.17, 15) is 18.9 Å². The third-order valence-corrected chi connectivity index (χ3v) is 4.51. The minimum Gasteiger partial charge on any atom is -0.369 e. The molecule has 2 aromatic carbocycles. The first-order valence-corrected chi connectivity index (χ1v) is 7.96. The van der Waals surface area contributed by atoms with Gasteiger partial charge >= 0.3 is 0 Å². The van der Waals surface area contributed by atoms with E-state index in [4.69, 9.17) is 0 Å². The van der Waals surface area contributed by atoms with Crippen LogP contribution in [0, 0.1) is 27.7 Å². The van der Waals surface area contributed by atoms with E-state index in [-0.39, 0.29) is 11.5 Å². The van der Waals surface area contributed by atoms with Crippen LogP contribution in [-0.2, 0) is 6.42 Å². The molecule has 6 heteroatoms. The van der Waals surface area contributed by atoms with Gasteiger partial charge in [0.25, 0.3) is 5.69 Å². The van der Waals surface area contributed by atoms with Crippen molar-refractivity contribution in [1.29, 1.82) is 0 Å². The number of nitro groups is 1. The zero-order valence-electron chi connectivity index (χ0n) is 13.1. The van der Waals surface area contributed by atoms with E-state index in [0.29, 0.717) is 24.7 Å². The molecule has 0 N–H and O–H groups in total. The van der Waals surface area contributed by atoms with E-state index >= 15 is 0 Å². The number of benzene rings is 2. The second-order valence-electron chi connectivity index (χ2n) is 6.16. The van der Waals surface area contributed by atoms with Crippen molar-refractivity contribution in [3.05, 3.63) is 69.8 Å². The molecule has 2 aromatic rings. The van der Waals surface area contributed by atoms with E-state index in [2.05, 4.69) is 0 Å². The molecule has 0 bridgehead atoms. The van der Waals surface area contributed by atoms with Crippen LogP contribution in [-0.4, -0.2) is 18.0 Å². The summed E-state index contributed by atoms with van der Waals surface area (Å²) < 4.78 is 27.3. The molecular formula is C18H18F2N2O2. The van der Waals surface area contributed by atoms with Crippen LogP contribution >= 0.6 is 0 Å². The van der Waals surface area contributed by atoms with Crippen molar-refractivity contribution in [3.8, 4) is 0 Å². The third kappa shape index (κ3) is 3.69. The van der Waals surface area contributed by atoms with Crippen LogP contribution < -0.4 is 4.90 Å². The van der Waals surface area contributed by atoms with Gasteiger partial charge in [-0.2, -0.15) is 0 Å². The fourth-order valence-electron chi connectivity index (χ4n) is 3.24. The largest absolute Gasteiger partial charge is 0.369 e. The molecule has 0 unspecified atom stereocenters. The van der Waals surface area contributed by atoms with Crippen LogP contribution in [0.2, 0.25) is 0 Å². The maximum atomic E-state index is 14.1. The summed E-state index contributed by atoms with van der Waals surface area (Å²) in [6, 6.07) is 10.4. The van der Waals surface area contributed by atoms with Gasteiger partial charge in [0.15, 0.2) is 5.82 Å². The predicted molar refractivity (Wildman–Crippen MR) is 88.1 cm³/mol. The molecule has 1 saturated heterocycles. The first-order valence-electron chi connectivity index (χ1n) is 7.96. The van der Waals surface area contributed by atoms with Gasteiger partial charge in [-0.25, -0.2) is 8.78 Å². The molecule has 0 atom stereocenters. The topological polar surface area (TPSA) is 46.4 Å². The molecular weight excluding hydrogens is 314 g/mol. The van der Waals surface area contributed by atoms with Gasteiger partial charge in [0.2, 0.25) is 0 Å². The summed E-state index contributed by atoms with van der Waals surface area (Å²) >= 11 is 0. The van der Waals surface area contributed by atoms with Crippen LogP contribution in [0.3, 0.4) is 0 Å². The summed E-state index contributed by atoms with van der Waals surface area (Å²) in [5.41, 5.74) is 1.15. The summed E-state index contributed by atoms with van der Waals surface area (Å²) in [6.07, 6.45) is 2.58. The molecule has 0 saturated carbocycles. The zero-order chi connectivity index (χ0) is 17.1. The number of rotatable bonds is 4. The van der Waals surface area contributed by atoms with E-state index in [1.54, 1.807) is 12.1 Å². The van der Waals surface area contributed by atoms with Gasteiger partial charge in [-0.15, -0.1) is 0 Å². The Hall–Kier alpha value is -2.50. The molecule has 1 aliphatic rings. The highest BCUT2D eigenvalue weighted by molar-refractivity contribution is 5.52. The number of non-ortho nitro benzene ring substituents is 1. The van der Waals surface area contributed by atoms with Crippen molar-refractivity contribution in [2.24, 2.45) is 5.92 Å². The van der Waals surface area contributed by atoms with Gasteiger partial charge < -0.3 is 4.90 Å². The summed E-state index contributed by atoms with van der Waals surface area (Å²) in [7, 11) is 0. The lowest BCUT2D eigenvalue weighted by Crippen LogP contribution is -2.34. The molecule has 126 valence electrons. The Bertz CT molecular complexity index is 744. The van der Waals surface area contributed by atoms with Crippen molar-refractivity contribution < 1.29 is 13.7 Å². The molecule has 0 radical (unpaired) electrons. The molecule has 0 aromatic heterocycles. The Labute approximate surface area is 138 Å². The van der Waals surface area contributed by atoms with E-state index in [1.807, 2.05) is 11.0 Å². The van der Waals surface area contributed by atoms with Gasteiger partial charge in [0.1, 0.15) is 5.82 Å². The molecule has 0 spiro atoms. The molecule has 1 fully saturated rings. The Morgan fingerprint density at radius 3 is 2.50 bits per heavy atom. The molecule has 1 heterocycles. The van der Waals surface area contributed by atoms with E-state index < -0.39 is 10.7 Å². The van der Waals surface area contributed by atoms with Crippen molar-refractivity contribution >= 4 is 11.4 Å². The van der Waals surface area contributed by atoms with Crippen LogP contribution in [0.5, 0.6) is 0 Å². The molecule has 3 rings (SSSR count). The minimum atomic E-state index is -0.599. The molecule has 1 aliphatic heterocycles. The molecule has 0 aliphatic carbocycles. The SMILES string of the molecule is O=[N+]([O-])c1ccc(N2CCC(Cc3cccc(F)c3)CC2)c(F)c1. The second-order valence-corrected chi connectivity index (χ2v) is 6.16. The third-order valence-electron chi connectivity index (χ3n) is 4.51. The smallest absolute Gasteiger partial charge is 0.272 e. The van der Waals surface area contributed by atoms with Crippen molar-refractivity contribution in [1.82, 2.24) is 0 Å². The quantitative estimate of drug-likeness (QED) is 0.618. The average molecular weight is 332 g/mol. The highest BCUT2D eigenvalue weighted by Crippen LogP contribution is 2.29. The summed E-state index contributed by atoms with van der Waals surface area (Å²) in [4.78, 5) is 12.0. The van der Waals surface area contributed by atoms with E-state index in [0.717, 1.165) is 30.9 Å². The van der Waals surface area contributed by atoms with Crippen molar-refractivity contribution in [2.75, 3.05) is 18.0 Å². The number of hydrogen-bond acceptors (Lipinski definition) is 3. The maximum absolute atomic E-state index is 14.1. The summed E-state index contributed by atoms with van der Waals surface area (Å²) in [6.45, 7) is 1.38. The monoisotopic (exact) mass is 332 g/mol. The second kappa shape index (κ2) is 6.95. The Balaban J connectivity index is 1.62. The van der Waals surface area contributed by atoms with E-state index in [1.165, 1.54) is 18.2 Å². The number of hydrogen-bond donors (Lipinski definition) is 0. The molecule has 24 heavy (non-hydrogen) atoms. The Morgan fingerprint density at radius 2 is 1.88 bits per heavy atom. The van der Waals surface area contributed by atoms with Gasteiger partial charge in [-0.1, -0.05) is 12.1 Å². The van der Waals surface area contributed by atoms with Gasteiger partial charge in [0.05, 0.1) is 16.7 Å². The zero-order valence-corrected chi connectivity index (χ0v) is 13.1. The lowest BCUT2D eigenvalue weighted by molar-refractivity contribution is -0.385. The van der Waals surface area contributed by atoms with Gasteiger partial charge in [-0.05, 0) is 48.9 Å². The van der Waals surface area contributed by atoms with Crippen molar-refractivity contribution in [3.63, 3.8) is 0 Å². The highest BCUT2D eigenvalue weighted by atomic mass is 19.1. The van der Waals surface area contributed by atoms with Crippen LogP contribution in [0.1, 0.15) is 18.4 Å². The predicted octanol–water partition coefficient (Wildman–Crippen LogP) is 4.33. The first kappa shape index (κ1) is 16.4. The number of halogens is 2. The normalized spacial score (nSPS) is 15.5. The Kier molecular flexibility index (Phi) is 4.74. The van der Waals surface area contributed by atoms with Crippen molar-refractivity contribution in [2.45, 2.75) is 19.3 Å². The lowest BCUT2D eigenvalue weighted by atomic mass is 9.90. The highest BCUT2D eigenvalue weighted by Gasteiger charge is 2.22. The summed E-state index contributed by atoms with van der Waals surface area (Å²) in [5, 5.41) is 10.7. The number of piperidine rings is 1. The number of nitro benzene ring substituents is 1. The Morgan fingerprint density at radius 1 is 1.12 bits per heavy atom. The van der Waals surface area contributed by atoms with Crippen LogP contribution in [0.4, 0.5) is 20.2 Å². The number of nitrogens with zero attached hydrogens (tertiary/aromatic N) is 2. The van der Waals surface area contributed by atoms with Gasteiger partial charge in [0, 0.05) is 19.2 Å². The van der Waals surface area contributed by atoms with Crippen LogP contribution in [0.15, 0.2) is 42.5 Å². The minimum absolute atomic E-state index is 0.224. The fraction of sp³-hybridized carbons (Fsp3) is 0.333.